The van der Waals surface area contributed by atoms with Crippen LogP contribution >= 0.6 is 0 Å². The smallest absolute Gasteiger partial charge is 0.251 e. The third-order valence-corrected chi connectivity index (χ3v) is 4.16. The molecule has 6 heteroatoms. The molecular formula is C18H22N4O2. The van der Waals surface area contributed by atoms with Gasteiger partial charge >= 0.3 is 0 Å². The monoisotopic (exact) mass is 326 g/mol. The zero-order valence-corrected chi connectivity index (χ0v) is 14.0. The summed E-state index contributed by atoms with van der Waals surface area (Å²) in [6, 6.07) is 7.55. The number of nitrogen functional groups attached to an aromatic ring is 1. The van der Waals surface area contributed by atoms with Crippen molar-refractivity contribution in [2.45, 2.75) is 38.3 Å². The average molecular weight is 326 g/mol. The number of benzene rings is 1. The largest absolute Gasteiger partial charge is 0.375 e. The van der Waals surface area contributed by atoms with Crippen LogP contribution in [-0.2, 0) is 4.74 Å². The Hall–Kier alpha value is -2.47. The Kier molecular flexibility index (Phi) is 4.49. The number of nitrogens with two attached hydrogens (primary N) is 1. The summed E-state index contributed by atoms with van der Waals surface area (Å²) in [4.78, 5) is 20.5. The van der Waals surface area contributed by atoms with Gasteiger partial charge in [0.2, 0.25) is 5.95 Å². The summed E-state index contributed by atoms with van der Waals surface area (Å²) in [5, 5.41) is 3.11. The minimum Gasteiger partial charge on any atom is -0.375 e. The van der Waals surface area contributed by atoms with E-state index in [1.165, 1.54) is 0 Å². The van der Waals surface area contributed by atoms with Gasteiger partial charge in [0.1, 0.15) is 0 Å². The first kappa shape index (κ1) is 16.4. The molecule has 0 saturated carbocycles. The van der Waals surface area contributed by atoms with Gasteiger partial charge in [-0.1, -0.05) is 12.1 Å². The molecule has 2 heterocycles. The SMILES string of the molecule is CC1(C)CC(NC(=O)c2cccc(-c3cnc(N)nc3)c2)CCO1. The maximum Gasteiger partial charge on any atom is 0.251 e. The Labute approximate surface area is 141 Å². The van der Waals surface area contributed by atoms with E-state index in [1.54, 1.807) is 12.4 Å². The van der Waals surface area contributed by atoms with E-state index in [0.717, 1.165) is 24.0 Å². The molecule has 24 heavy (non-hydrogen) atoms. The van der Waals surface area contributed by atoms with Crippen molar-refractivity contribution in [1.29, 1.82) is 0 Å². The third kappa shape index (κ3) is 3.89. The number of hydrogen-bond donors (Lipinski definition) is 2. The van der Waals surface area contributed by atoms with Gasteiger partial charge in [-0.2, -0.15) is 0 Å². The number of nitrogens with one attached hydrogen (secondary N) is 1. The van der Waals surface area contributed by atoms with Gasteiger partial charge in [0.15, 0.2) is 0 Å². The summed E-state index contributed by atoms with van der Waals surface area (Å²) < 4.78 is 5.69. The number of carbonyl (C=O) groups excluding carboxylic acids is 1. The van der Waals surface area contributed by atoms with Crippen LogP contribution in [0.4, 0.5) is 5.95 Å². The summed E-state index contributed by atoms with van der Waals surface area (Å²) in [6.07, 6.45) is 4.95. The minimum absolute atomic E-state index is 0.0732. The zero-order valence-electron chi connectivity index (χ0n) is 14.0. The van der Waals surface area contributed by atoms with E-state index in [-0.39, 0.29) is 23.5 Å². The number of hydrogen-bond acceptors (Lipinski definition) is 5. The predicted octanol–water partition coefficient (Wildman–Crippen LogP) is 2.41. The molecule has 1 unspecified atom stereocenters. The van der Waals surface area contributed by atoms with Crippen molar-refractivity contribution >= 4 is 11.9 Å². The van der Waals surface area contributed by atoms with Crippen molar-refractivity contribution in [3.8, 4) is 11.1 Å². The molecule has 0 aliphatic carbocycles. The van der Waals surface area contributed by atoms with Crippen molar-refractivity contribution < 1.29 is 9.53 Å². The number of rotatable bonds is 3. The summed E-state index contributed by atoms with van der Waals surface area (Å²) in [5.41, 5.74) is 7.65. The molecular weight excluding hydrogens is 304 g/mol. The summed E-state index contributed by atoms with van der Waals surface area (Å²) in [7, 11) is 0. The van der Waals surface area contributed by atoms with Crippen molar-refractivity contribution in [3.05, 3.63) is 42.2 Å². The molecule has 3 N–H and O–H groups in total. The lowest BCUT2D eigenvalue weighted by molar-refractivity contribution is -0.0615. The van der Waals surface area contributed by atoms with Gasteiger partial charge in [-0.05, 0) is 44.4 Å². The molecule has 0 bridgehead atoms. The molecule has 1 amide bonds. The van der Waals surface area contributed by atoms with Crippen LogP contribution in [-0.4, -0.2) is 34.1 Å². The Morgan fingerprint density at radius 2 is 2.04 bits per heavy atom. The standard InChI is InChI=1S/C18H22N4O2/c1-18(2)9-15(6-7-24-18)22-16(23)13-5-3-4-12(8-13)14-10-20-17(19)21-11-14/h3-5,8,10-11,15H,6-7,9H2,1-2H3,(H,22,23)(H2,19,20,21). The highest BCUT2D eigenvalue weighted by Gasteiger charge is 2.29. The van der Waals surface area contributed by atoms with Crippen LogP contribution in [0.1, 0.15) is 37.0 Å². The van der Waals surface area contributed by atoms with Crippen molar-refractivity contribution in [2.24, 2.45) is 0 Å². The average Bonchev–Trinajstić information content (AvgIpc) is 2.55. The highest BCUT2D eigenvalue weighted by molar-refractivity contribution is 5.95. The molecule has 3 rings (SSSR count). The van der Waals surface area contributed by atoms with E-state index < -0.39 is 0 Å². The first-order valence-electron chi connectivity index (χ1n) is 8.06. The second-order valence-electron chi connectivity index (χ2n) is 6.68. The first-order valence-corrected chi connectivity index (χ1v) is 8.06. The van der Waals surface area contributed by atoms with E-state index in [9.17, 15) is 4.79 Å². The molecule has 1 atom stereocenters. The number of anilines is 1. The van der Waals surface area contributed by atoms with E-state index in [1.807, 2.05) is 38.1 Å². The van der Waals surface area contributed by atoms with Crippen molar-refractivity contribution in [1.82, 2.24) is 15.3 Å². The second kappa shape index (κ2) is 6.57. The second-order valence-corrected chi connectivity index (χ2v) is 6.68. The quantitative estimate of drug-likeness (QED) is 0.904. The number of nitrogens with zero attached hydrogens (tertiary/aromatic N) is 2. The van der Waals surface area contributed by atoms with Gasteiger partial charge in [0.05, 0.1) is 5.60 Å². The third-order valence-electron chi connectivity index (χ3n) is 4.16. The Morgan fingerprint density at radius 1 is 1.29 bits per heavy atom. The molecule has 1 saturated heterocycles. The fourth-order valence-corrected chi connectivity index (χ4v) is 2.95. The van der Waals surface area contributed by atoms with E-state index in [4.69, 9.17) is 10.5 Å². The molecule has 126 valence electrons. The summed E-state index contributed by atoms with van der Waals surface area (Å²) >= 11 is 0. The van der Waals surface area contributed by atoms with Gasteiger partial charge in [0.25, 0.3) is 5.91 Å². The summed E-state index contributed by atoms with van der Waals surface area (Å²) in [6.45, 7) is 4.76. The number of carbonyl (C=O) groups is 1. The molecule has 1 aliphatic heterocycles. The molecule has 1 fully saturated rings. The lowest BCUT2D eigenvalue weighted by atomic mass is 9.93. The predicted molar refractivity (Wildman–Crippen MR) is 92.4 cm³/mol. The topological polar surface area (TPSA) is 90.1 Å². The molecule has 0 radical (unpaired) electrons. The molecule has 2 aromatic rings. The van der Waals surface area contributed by atoms with Crippen molar-refractivity contribution in [2.75, 3.05) is 12.3 Å². The van der Waals surface area contributed by atoms with Crippen LogP contribution in [0.5, 0.6) is 0 Å². The van der Waals surface area contributed by atoms with Gasteiger partial charge < -0.3 is 15.8 Å². The maximum atomic E-state index is 12.6. The van der Waals surface area contributed by atoms with Crippen LogP contribution in [0.3, 0.4) is 0 Å². The highest BCUT2D eigenvalue weighted by atomic mass is 16.5. The van der Waals surface area contributed by atoms with Crippen LogP contribution in [0.2, 0.25) is 0 Å². The molecule has 0 spiro atoms. The summed E-state index contributed by atoms with van der Waals surface area (Å²) in [5.74, 6) is 0.158. The molecule has 1 aromatic carbocycles. The fraction of sp³-hybridized carbons (Fsp3) is 0.389. The van der Waals surface area contributed by atoms with E-state index in [2.05, 4.69) is 15.3 Å². The van der Waals surface area contributed by atoms with Crippen LogP contribution < -0.4 is 11.1 Å². The molecule has 1 aliphatic rings. The van der Waals surface area contributed by atoms with E-state index in [0.29, 0.717) is 12.2 Å². The Balaban J connectivity index is 1.73. The Bertz CT molecular complexity index is 728. The van der Waals surface area contributed by atoms with Gasteiger partial charge in [-0.25, -0.2) is 9.97 Å². The number of aromatic nitrogens is 2. The Morgan fingerprint density at radius 3 is 2.75 bits per heavy atom. The van der Waals surface area contributed by atoms with Gasteiger partial charge in [-0.15, -0.1) is 0 Å². The molecule has 6 nitrogen and oxygen atoms in total. The number of amides is 1. The highest BCUT2D eigenvalue weighted by Crippen LogP contribution is 2.24. The maximum absolute atomic E-state index is 12.6. The normalized spacial score (nSPS) is 19.7. The lowest BCUT2D eigenvalue weighted by Crippen LogP contribution is -2.45. The van der Waals surface area contributed by atoms with Gasteiger partial charge in [0, 0.05) is 36.2 Å². The van der Waals surface area contributed by atoms with Crippen LogP contribution in [0.25, 0.3) is 11.1 Å². The van der Waals surface area contributed by atoms with Gasteiger partial charge in [-0.3, -0.25) is 4.79 Å². The van der Waals surface area contributed by atoms with Crippen molar-refractivity contribution in [3.63, 3.8) is 0 Å². The lowest BCUT2D eigenvalue weighted by Gasteiger charge is -2.35. The number of ether oxygens (including phenoxy) is 1. The van der Waals surface area contributed by atoms with E-state index >= 15 is 0 Å². The minimum atomic E-state index is -0.195. The van der Waals surface area contributed by atoms with Crippen LogP contribution in [0.15, 0.2) is 36.7 Å². The van der Waals surface area contributed by atoms with Crippen LogP contribution in [0, 0.1) is 0 Å². The zero-order chi connectivity index (χ0) is 17.2. The first-order chi connectivity index (χ1) is 11.4. The molecule has 1 aromatic heterocycles. The fourth-order valence-electron chi connectivity index (χ4n) is 2.95.